The van der Waals surface area contributed by atoms with Crippen LogP contribution in [-0.4, -0.2) is 29.7 Å². The van der Waals surface area contributed by atoms with Gasteiger partial charge in [0.1, 0.15) is 0 Å². The molecule has 0 aliphatic carbocycles. The molecule has 150 valence electrons. The van der Waals surface area contributed by atoms with Crippen molar-refractivity contribution in [2.24, 2.45) is 0 Å². The molecule has 0 unspecified atom stereocenters. The van der Waals surface area contributed by atoms with Crippen LogP contribution in [-0.2, 0) is 14.3 Å². The summed E-state index contributed by atoms with van der Waals surface area (Å²) in [5.74, 6) is 0.0550. The number of hydrogen-bond donors (Lipinski definition) is 1. The summed E-state index contributed by atoms with van der Waals surface area (Å²) in [4.78, 5) is 16.1. The molecule has 1 aromatic heterocycles. The van der Waals surface area contributed by atoms with Crippen LogP contribution in [0, 0.1) is 0 Å². The minimum atomic E-state index is -2.83. The van der Waals surface area contributed by atoms with Crippen molar-refractivity contribution in [3.05, 3.63) is 36.0 Å². The molecule has 0 fully saturated rings. The topological polar surface area (TPSA) is 42.1 Å². The fraction of sp³-hybridized carbons (Fsp3) is 0.609. The number of para-hydroxylation sites is 1. The number of rotatable bonds is 13. The molecule has 0 bridgehead atoms. The summed E-state index contributed by atoms with van der Waals surface area (Å²) < 4.78 is 10.1. The van der Waals surface area contributed by atoms with Crippen LogP contribution in [0.2, 0.25) is 13.3 Å². The van der Waals surface area contributed by atoms with E-state index in [1.165, 1.54) is 62.8 Å². The van der Waals surface area contributed by atoms with Crippen LogP contribution >= 0.6 is 0 Å². The fourth-order valence-electron chi connectivity index (χ4n) is 3.89. The number of H-pyrrole nitrogens is 1. The molecule has 4 heteroatoms. The average Bonchev–Trinajstić information content (AvgIpc) is 3.10. The third kappa shape index (κ3) is 6.85. The summed E-state index contributed by atoms with van der Waals surface area (Å²) in [6.07, 6.45) is 10.6. The molecule has 1 N–H and O–H groups in total. The number of aromatic nitrogens is 1. The second kappa shape index (κ2) is 11.8. The number of carbonyl (C=O) groups is 1. The predicted molar refractivity (Wildman–Crippen MR) is 118 cm³/mol. The summed E-state index contributed by atoms with van der Waals surface area (Å²) in [6, 6.07) is 8.30. The Morgan fingerprint density at radius 3 is 2.15 bits per heavy atom. The van der Waals surface area contributed by atoms with Crippen LogP contribution in [0.15, 0.2) is 30.5 Å². The zero-order valence-corrected chi connectivity index (χ0v) is 20.3. The summed E-state index contributed by atoms with van der Waals surface area (Å²) in [5, 5.41) is 1.23. The number of aromatic amines is 1. The van der Waals surface area contributed by atoms with Crippen molar-refractivity contribution >= 4 is 35.7 Å². The Morgan fingerprint density at radius 2 is 1.56 bits per heavy atom. The van der Waals surface area contributed by atoms with E-state index in [4.69, 9.17) is 3.07 Å². The number of fused-ring (bicyclic) bond motifs is 1. The zero-order valence-electron chi connectivity index (χ0n) is 17.5. The van der Waals surface area contributed by atoms with Crippen molar-refractivity contribution < 1.29 is 7.87 Å². The van der Waals surface area contributed by atoms with Gasteiger partial charge in [-0.25, -0.2) is 0 Å². The molecule has 0 aliphatic heterocycles. The average molecular weight is 478 g/mol. The van der Waals surface area contributed by atoms with Gasteiger partial charge >= 0.3 is 170 Å². The zero-order chi connectivity index (χ0) is 19.5. The molecular weight excluding hydrogens is 441 g/mol. The number of hydrogen-bond acceptors (Lipinski definition) is 2. The maximum atomic E-state index is 12.8. The van der Waals surface area contributed by atoms with Gasteiger partial charge in [0.25, 0.3) is 0 Å². The van der Waals surface area contributed by atoms with Crippen molar-refractivity contribution in [1.29, 1.82) is 0 Å². The van der Waals surface area contributed by atoms with Gasteiger partial charge in [-0.3, -0.25) is 0 Å². The standard InChI is InChI=1S/C11H11NO2.3C4H9.Sn/c13-11(14)6-5-8-7-12-10-4-2-1-3-9(8)10;3*1-3-4-2;/h1-4,7,12H,5-6H2,(H,13,14);3*1,3-4H2,2H3;/q;;;;+1/p-1. The van der Waals surface area contributed by atoms with E-state index >= 15 is 0 Å². The Labute approximate surface area is 169 Å². The van der Waals surface area contributed by atoms with Crippen molar-refractivity contribution in [1.82, 2.24) is 4.98 Å². The van der Waals surface area contributed by atoms with E-state index in [1.807, 2.05) is 12.3 Å². The van der Waals surface area contributed by atoms with Crippen LogP contribution in [0.3, 0.4) is 0 Å². The van der Waals surface area contributed by atoms with E-state index in [1.54, 1.807) is 0 Å². The summed E-state index contributed by atoms with van der Waals surface area (Å²) >= 11 is -2.83. The number of carbonyl (C=O) groups excluding carboxylic acids is 1. The molecule has 3 nitrogen and oxygen atoms in total. The van der Waals surface area contributed by atoms with Crippen molar-refractivity contribution in [2.75, 3.05) is 0 Å². The Morgan fingerprint density at radius 1 is 0.963 bits per heavy atom. The van der Waals surface area contributed by atoms with E-state index in [0.29, 0.717) is 6.42 Å². The monoisotopic (exact) mass is 479 g/mol. The maximum absolute atomic E-state index is 12.8. The molecule has 0 amide bonds. The Bertz CT molecular complexity index is 673. The minimum absolute atomic E-state index is 0.0550. The van der Waals surface area contributed by atoms with E-state index in [0.717, 1.165) is 11.9 Å². The SMILES string of the molecule is CCC[CH2][Sn]([CH2]CCC)([CH2]CCC)[O]C(=O)CCc1c[nH]c2ccccc12. The number of benzene rings is 1. The summed E-state index contributed by atoms with van der Waals surface area (Å²) in [6.45, 7) is 6.74. The van der Waals surface area contributed by atoms with Gasteiger partial charge in [-0.15, -0.1) is 0 Å². The normalized spacial score (nSPS) is 11.8. The fourth-order valence-corrected chi connectivity index (χ4v) is 17.1. The van der Waals surface area contributed by atoms with Gasteiger partial charge in [0.05, 0.1) is 0 Å². The predicted octanol–water partition coefficient (Wildman–Crippen LogP) is 6.99. The van der Waals surface area contributed by atoms with Crippen molar-refractivity contribution in [3.63, 3.8) is 0 Å². The second-order valence-electron chi connectivity index (χ2n) is 7.83. The van der Waals surface area contributed by atoms with Gasteiger partial charge in [0.15, 0.2) is 0 Å². The van der Waals surface area contributed by atoms with Gasteiger partial charge < -0.3 is 0 Å². The molecule has 2 rings (SSSR count). The molecule has 1 aromatic carbocycles. The van der Waals surface area contributed by atoms with Crippen LogP contribution in [0.25, 0.3) is 10.9 Å². The Balaban J connectivity index is 2.01. The molecular formula is C23H37NO2Sn. The van der Waals surface area contributed by atoms with Gasteiger partial charge in [-0.2, -0.15) is 0 Å². The molecule has 0 radical (unpaired) electrons. The first-order valence-electron chi connectivity index (χ1n) is 10.9. The Kier molecular flexibility index (Phi) is 9.74. The molecule has 2 aromatic rings. The Hall–Kier alpha value is -0.971. The number of aryl methyl sites for hydroxylation is 1. The van der Waals surface area contributed by atoms with Crippen LogP contribution in [0.1, 0.15) is 71.3 Å². The van der Waals surface area contributed by atoms with Gasteiger partial charge in [-0.05, 0) is 0 Å². The van der Waals surface area contributed by atoms with Crippen molar-refractivity contribution in [2.45, 2.75) is 85.4 Å². The van der Waals surface area contributed by atoms with Crippen LogP contribution in [0.5, 0.6) is 0 Å². The number of nitrogens with one attached hydrogen (secondary N) is 1. The molecule has 1 heterocycles. The third-order valence-corrected chi connectivity index (χ3v) is 18.3. The quantitative estimate of drug-likeness (QED) is 0.316. The first-order chi connectivity index (χ1) is 13.1. The van der Waals surface area contributed by atoms with Gasteiger partial charge in [-0.1, -0.05) is 0 Å². The van der Waals surface area contributed by atoms with Gasteiger partial charge in [0.2, 0.25) is 0 Å². The summed E-state index contributed by atoms with van der Waals surface area (Å²) in [7, 11) is 0. The van der Waals surface area contributed by atoms with E-state index in [9.17, 15) is 4.79 Å². The van der Waals surface area contributed by atoms with Gasteiger partial charge in [0, 0.05) is 0 Å². The molecule has 0 saturated carbocycles. The van der Waals surface area contributed by atoms with E-state index in [2.05, 4.69) is 44.0 Å². The van der Waals surface area contributed by atoms with Crippen molar-refractivity contribution in [3.8, 4) is 0 Å². The summed E-state index contributed by atoms with van der Waals surface area (Å²) in [5.41, 5.74) is 2.36. The first-order valence-corrected chi connectivity index (χ1v) is 18.1. The van der Waals surface area contributed by atoms with Crippen LogP contribution < -0.4 is 0 Å². The molecule has 0 aliphatic rings. The molecule has 27 heavy (non-hydrogen) atoms. The second-order valence-corrected chi connectivity index (χ2v) is 19.4. The molecule has 0 saturated heterocycles. The van der Waals surface area contributed by atoms with Crippen LogP contribution in [0.4, 0.5) is 0 Å². The molecule has 0 atom stereocenters. The first kappa shape index (κ1) is 22.3. The molecule has 0 spiro atoms. The van der Waals surface area contributed by atoms with E-state index < -0.39 is 18.8 Å². The number of unbranched alkanes of at least 4 members (excludes halogenated alkanes) is 3. The third-order valence-electron chi connectivity index (χ3n) is 5.56. The van der Waals surface area contributed by atoms with E-state index in [-0.39, 0.29) is 5.97 Å².